The average molecular weight is 442 g/mol. The van der Waals surface area contributed by atoms with E-state index in [1.54, 1.807) is 18.5 Å². The number of methoxy groups -OCH3 is 2. The monoisotopic (exact) mass is 441 g/mol. The lowest BCUT2D eigenvalue weighted by atomic mass is 10.2. The Morgan fingerprint density at radius 2 is 2.00 bits per heavy atom. The maximum atomic E-state index is 13.5. The third-order valence-corrected chi connectivity index (χ3v) is 5.45. The molecule has 1 aromatic carbocycles. The zero-order chi connectivity index (χ0) is 21.1. The Hall–Kier alpha value is -3.30. The van der Waals surface area contributed by atoms with Crippen LogP contribution in [0.25, 0.3) is 10.2 Å². The number of anilines is 1. The van der Waals surface area contributed by atoms with Gasteiger partial charge in [0.15, 0.2) is 5.13 Å². The highest BCUT2D eigenvalue weighted by molar-refractivity contribution is 7.22. The molecule has 3 heterocycles. The molecule has 0 radical (unpaired) electrons. The number of ether oxygens (including phenoxy) is 2. The van der Waals surface area contributed by atoms with Crippen LogP contribution in [0.4, 0.5) is 5.13 Å². The Morgan fingerprint density at radius 3 is 2.73 bits per heavy atom. The number of rotatable bonds is 6. The molecule has 0 aliphatic heterocycles. The lowest BCUT2D eigenvalue weighted by Gasteiger charge is -2.19. The van der Waals surface area contributed by atoms with Crippen LogP contribution in [0.3, 0.4) is 0 Å². The summed E-state index contributed by atoms with van der Waals surface area (Å²) in [6.07, 6.45) is 3.38. The van der Waals surface area contributed by atoms with Crippen molar-refractivity contribution in [2.24, 2.45) is 0 Å². The van der Waals surface area contributed by atoms with Crippen LogP contribution in [0.1, 0.15) is 16.1 Å². The minimum atomic E-state index is -0.372. The molecule has 0 unspecified atom stereocenters. The van der Waals surface area contributed by atoms with Crippen LogP contribution >= 0.6 is 22.9 Å². The minimum Gasteiger partial charge on any atom is -0.481 e. The summed E-state index contributed by atoms with van der Waals surface area (Å²) < 4.78 is 11.1. The van der Waals surface area contributed by atoms with E-state index in [2.05, 4.69) is 19.9 Å². The molecule has 1 amide bonds. The Labute approximate surface area is 181 Å². The van der Waals surface area contributed by atoms with E-state index in [1.807, 2.05) is 24.3 Å². The van der Waals surface area contributed by atoms with E-state index < -0.39 is 0 Å². The van der Waals surface area contributed by atoms with Crippen LogP contribution in [0.5, 0.6) is 11.9 Å². The number of nitrogens with zero attached hydrogens (tertiary/aromatic N) is 5. The molecule has 10 heteroatoms. The summed E-state index contributed by atoms with van der Waals surface area (Å²) in [5.41, 5.74) is 1.72. The number of fused-ring (bicyclic) bond motifs is 1. The number of aromatic nitrogens is 4. The molecule has 4 rings (SSSR count). The van der Waals surface area contributed by atoms with Gasteiger partial charge < -0.3 is 9.47 Å². The van der Waals surface area contributed by atoms with E-state index in [1.165, 1.54) is 36.5 Å². The Balaban J connectivity index is 1.79. The molecule has 8 nitrogen and oxygen atoms in total. The lowest BCUT2D eigenvalue weighted by molar-refractivity contribution is 0.0978. The number of hydrogen-bond donors (Lipinski definition) is 0. The maximum absolute atomic E-state index is 13.5. The van der Waals surface area contributed by atoms with Gasteiger partial charge in [-0.05, 0) is 29.8 Å². The molecule has 0 N–H and O–H groups in total. The second-order valence-corrected chi connectivity index (χ2v) is 7.59. The number of amides is 1. The second kappa shape index (κ2) is 8.60. The number of carbonyl (C=O) groups is 1. The first-order chi connectivity index (χ1) is 14.6. The van der Waals surface area contributed by atoms with Crippen molar-refractivity contribution in [1.29, 1.82) is 0 Å². The molecule has 0 bridgehead atoms. The molecule has 4 aromatic rings. The Kier molecular flexibility index (Phi) is 5.73. The topological polar surface area (TPSA) is 90.3 Å². The largest absolute Gasteiger partial charge is 0.481 e. The van der Waals surface area contributed by atoms with Crippen molar-refractivity contribution >= 4 is 44.2 Å². The van der Waals surface area contributed by atoms with E-state index in [0.717, 1.165) is 15.8 Å². The van der Waals surface area contributed by atoms with E-state index in [-0.39, 0.29) is 30.0 Å². The first-order valence-electron chi connectivity index (χ1n) is 8.81. The van der Waals surface area contributed by atoms with Gasteiger partial charge in [0.25, 0.3) is 5.91 Å². The zero-order valence-corrected chi connectivity index (χ0v) is 17.6. The number of thiazole rings is 1. The number of benzene rings is 1. The molecule has 152 valence electrons. The van der Waals surface area contributed by atoms with Crippen molar-refractivity contribution in [1.82, 2.24) is 19.9 Å². The lowest BCUT2D eigenvalue weighted by Crippen LogP contribution is -2.31. The molecular weight excluding hydrogens is 426 g/mol. The Bertz CT molecular complexity index is 1180. The molecule has 0 saturated heterocycles. The fourth-order valence-electron chi connectivity index (χ4n) is 2.75. The fraction of sp³-hybridized carbons (Fsp3) is 0.150. The standard InChI is InChI=1S/C20H16ClN5O3S/c1-28-17-9-15(23-19(25-17)29-2)18(27)26(11-12-4-3-7-22-10-12)20-24-14-6-5-13(21)8-16(14)30-20/h3-10H,11H2,1-2H3. The summed E-state index contributed by atoms with van der Waals surface area (Å²) in [6.45, 7) is 0.259. The van der Waals surface area contributed by atoms with Gasteiger partial charge in [0, 0.05) is 23.5 Å². The first kappa shape index (κ1) is 20.0. The van der Waals surface area contributed by atoms with Crippen molar-refractivity contribution in [3.63, 3.8) is 0 Å². The zero-order valence-electron chi connectivity index (χ0n) is 16.1. The SMILES string of the molecule is COc1cc(C(=O)N(Cc2cccnc2)c2nc3ccc(Cl)cc3s2)nc(OC)n1. The van der Waals surface area contributed by atoms with Crippen molar-refractivity contribution in [3.8, 4) is 11.9 Å². The van der Waals surface area contributed by atoms with Gasteiger partial charge in [-0.3, -0.25) is 14.7 Å². The van der Waals surface area contributed by atoms with Crippen LogP contribution in [0.15, 0.2) is 48.8 Å². The van der Waals surface area contributed by atoms with Gasteiger partial charge in [0.2, 0.25) is 5.88 Å². The van der Waals surface area contributed by atoms with Crippen LogP contribution in [0, 0.1) is 0 Å². The molecule has 0 saturated carbocycles. The van der Waals surface area contributed by atoms with Crippen LogP contribution in [-0.2, 0) is 6.54 Å². The highest BCUT2D eigenvalue weighted by Gasteiger charge is 2.24. The summed E-state index contributed by atoms with van der Waals surface area (Å²) in [7, 11) is 2.88. The first-order valence-corrected chi connectivity index (χ1v) is 10.0. The van der Waals surface area contributed by atoms with Gasteiger partial charge in [-0.1, -0.05) is 29.0 Å². The van der Waals surface area contributed by atoms with Gasteiger partial charge >= 0.3 is 6.01 Å². The molecule has 30 heavy (non-hydrogen) atoms. The van der Waals surface area contributed by atoms with E-state index >= 15 is 0 Å². The Morgan fingerprint density at radius 1 is 1.13 bits per heavy atom. The summed E-state index contributed by atoms with van der Waals surface area (Å²) in [6, 6.07) is 10.6. The van der Waals surface area contributed by atoms with Gasteiger partial charge in [-0.25, -0.2) is 4.98 Å². The minimum absolute atomic E-state index is 0.0371. The molecule has 0 aliphatic rings. The van der Waals surface area contributed by atoms with Gasteiger partial charge in [-0.15, -0.1) is 0 Å². The number of hydrogen-bond acceptors (Lipinski definition) is 8. The van der Waals surface area contributed by atoms with Gasteiger partial charge in [-0.2, -0.15) is 9.97 Å². The van der Waals surface area contributed by atoms with Crippen molar-refractivity contribution < 1.29 is 14.3 Å². The molecule has 0 atom stereocenters. The smallest absolute Gasteiger partial charge is 0.320 e. The van der Waals surface area contributed by atoms with E-state index in [9.17, 15) is 4.79 Å². The normalized spacial score (nSPS) is 10.8. The highest BCUT2D eigenvalue weighted by atomic mass is 35.5. The third-order valence-electron chi connectivity index (χ3n) is 4.17. The van der Waals surface area contributed by atoms with Crippen LogP contribution < -0.4 is 14.4 Å². The summed E-state index contributed by atoms with van der Waals surface area (Å²) in [5.74, 6) is -0.148. The van der Waals surface area contributed by atoms with E-state index in [4.69, 9.17) is 21.1 Å². The average Bonchev–Trinajstić information content (AvgIpc) is 3.20. The van der Waals surface area contributed by atoms with Crippen LogP contribution in [-0.4, -0.2) is 40.1 Å². The second-order valence-electron chi connectivity index (χ2n) is 6.14. The van der Waals surface area contributed by atoms with Crippen molar-refractivity contribution in [3.05, 3.63) is 65.1 Å². The number of halogens is 1. The molecule has 3 aromatic heterocycles. The summed E-state index contributed by atoms with van der Waals surface area (Å²) in [5, 5.41) is 1.12. The maximum Gasteiger partial charge on any atom is 0.320 e. The summed E-state index contributed by atoms with van der Waals surface area (Å²) >= 11 is 7.47. The van der Waals surface area contributed by atoms with Crippen molar-refractivity contribution in [2.45, 2.75) is 6.54 Å². The van der Waals surface area contributed by atoms with Gasteiger partial charge in [0.05, 0.1) is 31.0 Å². The summed E-state index contributed by atoms with van der Waals surface area (Å²) in [4.78, 5) is 32.0. The van der Waals surface area contributed by atoms with Crippen LogP contribution in [0.2, 0.25) is 5.02 Å². The molecular formula is C20H16ClN5O3S. The molecule has 0 fully saturated rings. The van der Waals surface area contributed by atoms with Crippen molar-refractivity contribution in [2.75, 3.05) is 19.1 Å². The quantitative estimate of drug-likeness (QED) is 0.446. The van der Waals surface area contributed by atoms with E-state index in [0.29, 0.717) is 10.2 Å². The number of pyridine rings is 1. The predicted molar refractivity (Wildman–Crippen MR) is 115 cm³/mol. The van der Waals surface area contributed by atoms with Gasteiger partial charge in [0.1, 0.15) is 5.69 Å². The fourth-order valence-corrected chi connectivity index (χ4v) is 3.99. The third kappa shape index (κ3) is 4.17. The molecule has 0 aliphatic carbocycles. The number of carbonyl (C=O) groups excluding carboxylic acids is 1. The molecule has 0 spiro atoms. The highest BCUT2D eigenvalue weighted by Crippen LogP contribution is 2.32. The predicted octanol–water partition coefficient (Wildman–Crippen LogP) is 4.00.